The minimum absolute atomic E-state index is 0.0992. The van der Waals surface area contributed by atoms with Crippen LogP contribution in [0.5, 0.6) is 5.75 Å². The van der Waals surface area contributed by atoms with Gasteiger partial charge >= 0.3 is 0 Å². The van der Waals surface area contributed by atoms with Crippen molar-refractivity contribution in [2.45, 2.75) is 6.92 Å². The summed E-state index contributed by atoms with van der Waals surface area (Å²) in [7, 11) is 1.44. The maximum atomic E-state index is 12.0. The molecule has 3 aromatic rings. The number of nitrogens with zero attached hydrogens (tertiary/aromatic N) is 4. The maximum Gasteiger partial charge on any atom is 0.196 e. The highest BCUT2D eigenvalue weighted by atomic mass is 35.5. The summed E-state index contributed by atoms with van der Waals surface area (Å²) >= 11 is 12.0. The predicted molar refractivity (Wildman–Crippen MR) is 110 cm³/mol. The van der Waals surface area contributed by atoms with Gasteiger partial charge in [0.15, 0.2) is 11.6 Å². The van der Waals surface area contributed by atoms with Gasteiger partial charge in [-0.1, -0.05) is 23.2 Å². The molecule has 0 amide bonds. The Kier molecular flexibility index (Phi) is 5.53. The van der Waals surface area contributed by atoms with Crippen molar-refractivity contribution in [3.8, 4) is 11.4 Å². The van der Waals surface area contributed by atoms with Gasteiger partial charge in [-0.25, -0.2) is 4.68 Å². The molecule has 4 N–H and O–H groups in total. The number of azo groups is 1. The normalized spacial score (nSPS) is 11.1. The first-order valence-corrected chi connectivity index (χ1v) is 8.77. The molecule has 28 heavy (non-hydrogen) atoms. The Morgan fingerprint density at radius 1 is 1.11 bits per heavy atom. The van der Waals surface area contributed by atoms with Crippen molar-refractivity contribution in [2.75, 3.05) is 18.6 Å². The molecule has 0 fully saturated rings. The molecule has 3 rings (SSSR count). The van der Waals surface area contributed by atoms with Crippen LogP contribution in [0.15, 0.2) is 46.8 Å². The van der Waals surface area contributed by atoms with Crippen molar-refractivity contribution >= 4 is 51.9 Å². The first-order chi connectivity index (χ1) is 13.3. The van der Waals surface area contributed by atoms with Gasteiger partial charge in [0, 0.05) is 18.3 Å². The zero-order valence-corrected chi connectivity index (χ0v) is 16.5. The standard InChI is InChI=1S/C18H16Cl2N6O2/c1-9(27)16-13(8-14(28-2)17(21)18(16)22)23-24-15-5-6-26(25-15)10-3-4-11(19)12(20)7-10/h3-8H,21-22H2,1-2H3. The molecule has 0 saturated heterocycles. The average Bonchev–Trinajstić information content (AvgIpc) is 3.13. The number of methoxy groups -OCH3 is 1. The fourth-order valence-electron chi connectivity index (χ4n) is 2.54. The van der Waals surface area contributed by atoms with E-state index in [-0.39, 0.29) is 28.4 Å². The lowest BCUT2D eigenvalue weighted by Crippen LogP contribution is -2.06. The van der Waals surface area contributed by atoms with E-state index in [0.717, 1.165) is 0 Å². The Morgan fingerprint density at radius 3 is 2.50 bits per heavy atom. The van der Waals surface area contributed by atoms with Gasteiger partial charge in [-0.15, -0.1) is 15.3 Å². The molecule has 0 saturated carbocycles. The van der Waals surface area contributed by atoms with E-state index in [0.29, 0.717) is 27.3 Å². The van der Waals surface area contributed by atoms with Crippen LogP contribution in [0.3, 0.4) is 0 Å². The molecule has 0 aliphatic carbocycles. The van der Waals surface area contributed by atoms with E-state index in [9.17, 15) is 4.79 Å². The lowest BCUT2D eigenvalue weighted by molar-refractivity contribution is 0.101. The number of carbonyl (C=O) groups is 1. The Bertz CT molecular complexity index is 1090. The van der Waals surface area contributed by atoms with E-state index < -0.39 is 0 Å². The third-order valence-corrected chi connectivity index (χ3v) is 4.66. The van der Waals surface area contributed by atoms with Gasteiger partial charge in [-0.2, -0.15) is 0 Å². The number of anilines is 2. The molecule has 0 aliphatic heterocycles. The summed E-state index contributed by atoms with van der Waals surface area (Å²) in [5.74, 6) is 0.329. The van der Waals surface area contributed by atoms with Crippen LogP contribution in [0.2, 0.25) is 10.0 Å². The second-order valence-electron chi connectivity index (χ2n) is 5.77. The van der Waals surface area contributed by atoms with Crippen LogP contribution < -0.4 is 16.2 Å². The number of rotatable bonds is 5. The first kappa shape index (κ1) is 19.7. The van der Waals surface area contributed by atoms with Crippen LogP contribution in [0.25, 0.3) is 5.69 Å². The molecule has 0 atom stereocenters. The fourth-order valence-corrected chi connectivity index (χ4v) is 2.83. The van der Waals surface area contributed by atoms with Gasteiger partial charge in [0.05, 0.1) is 39.8 Å². The highest BCUT2D eigenvalue weighted by Gasteiger charge is 2.18. The summed E-state index contributed by atoms with van der Waals surface area (Å²) in [6.07, 6.45) is 1.69. The summed E-state index contributed by atoms with van der Waals surface area (Å²) in [6.45, 7) is 1.37. The van der Waals surface area contributed by atoms with Crippen LogP contribution in [-0.4, -0.2) is 22.7 Å². The zero-order valence-electron chi connectivity index (χ0n) is 15.0. The van der Waals surface area contributed by atoms with E-state index in [4.69, 9.17) is 39.4 Å². The second kappa shape index (κ2) is 7.87. The van der Waals surface area contributed by atoms with E-state index in [1.807, 2.05) is 0 Å². The molecule has 1 heterocycles. The monoisotopic (exact) mass is 418 g/mol. The number of carbonyl (C=O) groups excluding carboxylic acids is 1. The van der Waals surface area contributed by atoms with Gasteiger partial charge in [0.2, 0.25) is 0 Å². The van der Waals surface area contributed by atoms with Crippen LogP contribution in [0.4, 0.5) is 22.9 Å². The summed E-state index contributed by atoms with van der Waals surface area (Å²) in [4.78, 5) is 12.0. The minimum Gasteiger partial charge on any atom is -0.494 e. The molecule has 1 aromatic heterocycles. The van der Waals surface area contributed by atoms with Crippen LogP contribution in [-0.2, 0) is 0 Å². The van der Waals surface area contributed by atoms with Crippen molar-refractivity contribution in [1.82, 2.24) is 9.78 Å². The van der Waals surface area contributed by atoms with Crippen LogP contribution in [0, 0.1) is 0 Å². The lowest BCUT2D eigenvalue weighted by Gasteiger charge is -2.12. The number of halogens is 2. The number of nitrogen functional groups attached to an aromatic ring is 2. The number of nitrogens with two attached hydrogens (primary N) is 2. The van der Waals surface area contributed by atoms with E-state index >= 15 is 0 Å². The van der Waals surface area contributed by atoms with E-state index in [2.05, 4.69) is 15.3 Å². The molecule has 0 spiro atoms. The van der Waals surface area contributed by atoms with E-state index in [1.165, 1.54) is 20.1 Å². The number of hydrogen-bond donors (Lipinski definition) is 2. The third-order valence-electron chi connectivity index (χ3n) is 3.92. The maximum absolute atomic E-state index is 12.0. The number of benzene rings is 2. The van der Waals surface area contributed by atoms with E-state index in [1.54, 1.807) is 35.1 Å². The summed E-state index contributed by atoms with van der Waals surface area (Å²) < 4.78 is 6.74. The number of ketones is 1. The van der Waals surface area contributed by atoms with Gasteiger partial charge in [-0.05, 0) is 25.1 Å². The number of Topliss-reactive ketones (excluding diaryl/α,β-unsaturated/α-hetero) is 1. The molecule has 0 unspecified atom stereocenters. The zero-order chi connectivity index (χ0) is 20.4. The van der Waals surface area contributed by atoms with Gasteiger partial charge in [-0.3, -0.25) is 4.79 Å². The molecule has 2 aromatic carbocycles. The number of aromatic nitrogens is 2. The molecule has 10 heteroatoms. The molecular formula is C18H16Cl2N6O2. The van der Waals surface area contributed by atoms with Crippen molar-refractivity contribution in [2.24, 2.45) is 10.2 Å². The molecular weight excluding hydrogens is 403 g/mol. The Morgan fingerprint density at radius 2 is 1.86 bits per heavy atom. The quantitative estimate of drug-likeness (QED) is 0.344. The molecule has 144 valence electrons. The predicted octanol–water partition coefficient (Wildman–Crippen LogP) is 4.97. The van der Waals surface area contributed by atoms with Gasteiger partial charge < -0.3 is 16.2 Å². The number of hydrogen-bond acceptors (Lipinski definition) is 7. The summed E-state index contributed by atoms with van der Waals surface area (Å²) in [5.41, 5.74) is 13.2. The number of ether oxygens (including phenoxy) is 1. The summed E-state index contributed by atoms with van der Waals surface area (Å²) in [5, 5.41) is 13.4. The molecule has 0 aliphatic rings. The highest BCUT2D eigenvalue weighted by molar-refractivity contribution is 6.42. The van der Waals surface area contributed by atoms with Crippen molar-refractivity contribution in [3.63, 3.8) is 0 Å². The van der Waals surface area contributed by atoms with Crippen molar-refractivity contribution < 1.29 is 9.53 Å². The minimum atomic E-state index is -0.290. The third kappa shape index (κ3) is 3.78. The van der Waals surface area contributed by atoms with Gasteiger partial charge in [0.1, 0.15) is 11.4 Å². The fraction of sp³-hybridized carbons (Fsp3) is 0.111. The Balaban J connectivity index is 1.96. The van der Waals surface area contributed by atoms with Crippen LogP contribution in [0.1, 0.15) is 17.3 Å². The van der Waals surface area contributed by atoms with Gasteiger partial charge in [0.25, 0.3) is 0 Å². The lowest BCUT2D eigenvalue weighted by atomic mass is 10.1. The molecule has 0 bridgehead atoms. The highest BCUT2D eigenvalue weighted by Crippen LogP contribution is 2.38. The smallest absolute Gasteiger partial charge is 0.196 e. The van der Waals surface area contributed by atoms with Crippen molar-refractivity contribution in [1.29, 1.82) is 0 Å². The Labute approximate surface area is 170 Å². The molecule has 0 radical (unpaired) electrons. The second-order valence-corrected chi connectivity index (χ2v) is 6.59. The van der Waals surface area contributed by atoms with Crippen LogP contribution >= 0.6 is 23.2 Å². The Hall–Kier alpha value is -3.10. The topological polar surface area (TPSA) is 121 Å². The first-order valence-electron chi connectivity index (χ1n) is 8.01. The van der Waals surface area contributed by atoms with Crippen molar-refractivity contribution in [3.05, 3.63) is 52.1 Å². The molecule has 8 nitrogen and oxygen atoms in total. The SMILES string of the molecule is COc1cc(N=Nc2ccn(-c3ccc(Cl)c(Cl)c3)n2)c(C(C)=O)c(N)c1N. The largest absolute Gasteiger partial charge is 0.494 e. The summed E-state index contributed by atoms with van der Waals surface area (Å²) in [6, 6.07) is 8.27. The average molecular weight is 419 g/mol.